The van der Waals surface area contributed by atoms with Crippen molar-refractivity contribution >= 4 is 6.03 Å². The second-order valence-corrected chi connectivity index (χ2v) is 8.61. The minimum Gasteiger partial charge on any atom is -0.493 e. The third-order valence-electron chi connectivity index (χ3n) is 5.48. The molecule has 7 nitrogen and oxygen atoms in total. The van der Waals surface area contributed by atoms with Crippen molar-refractivity contribution in [3.63, 3.8) is 0 Å². The molecule has 2 atom stereocenters. The van der Waals surface area contributed by atoms with Crippen LogP contribution in [0.4, 0.5) is 9.18 Å². The molecule has 3 rings (SSSR count). The topological polar surface area (TPSA) is 71.4 Å². The minimum absolute atomic E-state index is 0.257. The Morgan fingerprint density at radius 1 is 1.39 bits per heavy atom. The number of nitrogens with one attached hydrogen (secondary N) is 2. The van der Waals surface area contributed by atoms with E-state index in [1.54, 1.807) is 9.58 Å². The number of hydrogen-bond acceptors (Lipinski definition) is 4. The Hall–Kier alpha value is -2.61. The summed E-state index contributed by atoms with van der Waals surface area (Å²) in [5, 5.41) is 10.5. The summed E-state index contributed by atoms with van der Waals surface area (Å²) in [5.41, 5.74) is 2.71. The van der Waals surface area contributed by atoms with Crippen LogP contribution >= 0.6 is 0 Å². The van der Waals surface area contributed by atoms with Gasteiger partial charge in [-0.3, -0.25) is 4.68 Å². The fourth-order valence-electron chi connectivity index (χ4n) is 3.63. The van der Waals surface area contributed by atoms with Crippen molar-refractivity contribution in [3.05, 3.63) is 47.3 Å². The van der Waals surface area contributed by atoms with E-state index in [4.69, 9.17) is 4.74 Å². The van der Waals surface area contributed by atoms with Gasteiger partial charge in [0.25, 0.3) is 0 Å². The maximum atomic E-state index is 14.7. The Bertz CT molecular complexity index is 833. The number of amides is 2. The van der Waals surface area contributed by atoms with Crippen molar-refractivity contribution in [2.75, 3.05) is 19.7 Å². The second-order valence-electron chi connectivity index (χ2n) is 8.61. The molecule has 8 heteroatoms. The molecule has 1 aromatic carbocycles. The zero-order valence-corrected chi connectivity index (χ0v) is 18.9. The van der Waals surface area contributed by atoms with E-state index in [1.165, 1.54) is 0 Å². The number of halogens is 1. The van der Waals surface area contributed by atoms with Crippen LogP contribution in [0.15, 0.2) is 30.3 Å². The average molecular weight is 432 g/mol. The van der Waals surface area contributed by atoms with Crippen LogP contribution in [0.5, 0.6) is 5.75 Å². The summed E-state index contributed by atoms with van der Waals surface area (Å²) in [6, 6.07) is 8.86. The van der Waals surface area contributed by atoms with E-state index in [1.807, 2.05) is 44.3 Å². The second kappa shape index (κ2) is 10.6. The SMILES string of the molecule is Cc1cc(CN(C(=O)NCc2ccc(OCC(C)C)cc2)[C@H]2CCNC[C@H]2F)nn1C. The summed E-state index contributed by atoms with van der Waals surface area (Å²) in [6.07, 6.45) is -0.538. The van der Waals surface area contributed by atoms with E-state index >= 15 is 0 Å². The van der Waals surface area contributed by atoms with Crippen LogP contribution in [0, 0.1) is 12.8 Å². The molecule has 1 fully saturated rings. The Balaban J connectivity index is 1.64. The zero-order valence-electron chi connectivity index (χ0n) is 18.9. The Morgan fingerprint density at radius 3 is 2.74 bits per heavy atom. The molecule has 2 heterocycles. The average Bonchev–Trinajstić information content (AvgIpc) is 3.07. The molecule has 1 saturated heterocycles. The van der Waals surface area contributed by atoms with Gasteiger partial charge in [-0.15, -0.1) is 0 Å². The highest BCUT2D eigenvalue weighted by Crippen LogP contribution is 2.19. The number of benzene rings is 1. The van der Waals surface area contributed by atoms with E-state index in [0.29, 0.717) is 32.0 Å². The largest absolute Gasteiger partial charge is 0.493 e. The first-order valence-corrected chi connectivity index (χ1v) is 10.9. The molecule has 1 aliphatic heterocycles. The number of carbonyl (C=O) groups is 1. The molecule has 0 radical (unpaired) electrons. The first kappa shape index (κ1) is 23.1. The lowest BCUT2D eigenvalue weighted by Gasteiger charge is -2.36. The Kier molecular flexibility index (Phi) is 7.90. The van der Waals surface area contributed by atoms with Gasteiger partial charge >= 0.3 is 6.03 Å². The van der Waals surface area contributed by atoms with Gasteiger partial charge in [0.2, 0.25) is 0 Å². The summed E-state index contributed by atoms with van der Waals surface area (Å²) in [4.78, 5) is 14.7. The van der Waals surface area contributed by atoms with Crippen molar-refractivity contribution in [3.8, 4) is 5.75 Å². The van der Waals surface area contributed by atoms with Gasteiger partial charge in [0.05, 0.1) is 24.9 Å². The lowest BCUT2D eigenvalue weighted by molar-refractivity contribution is 0.0962. The van der Waals surface area contributed by atoms with E-state index in [9.17, 15) is 9.18 Å². The number of urea groups is 1. The summed E-state index contributed by atoms with van der Waals surface area (Å²) >= 11 is 0. The molecule has 1 aliphatic rings. The molecule has 0 bridgehead atoms. The molecule has 1 aromatic heterocycles. The number of aromatic nitrogens is 2. The van der Waals surface area contributed by atoms with Crippen LogP contribution in [-0.2, 0) is 20.1 Å². The molecule has 0 aliphatic carbocycles. The van der Waals surface area contributed by atoms with Crippen molar-refractivity contribution in [2.24, 2.45) is 13.0 Å². The van der Waals surface area contributed by atoms with Crippen LogP contribution < -0.4 is 15.4 Å². The molecular weight excluding hydrogens is 397 g/mol. The lowest BCUT2D eigenvalue weighted by Crippen LogP contribution is -2.55. The highest BCUT2D eigenvalue weighted by molar-refractivity contribution is 5.74. The fraction of sp³-hybridized carbons (Fsp3) is 0.565. The fourth-order valence-corrected chi connectivity index (χ4v) is 3.63. The van der Waals surface area contributed by atoms with Crippen LogP contribution in [0.3, 0.4) is 0 Å². The van der Waals surface area contributed by atoms with Crippen LogP contribution in [0.1, 0.15) is 37.2 Å². The first-order chi connectivity index (χ1) is 14.8. The summed E-state index contributed by atoms with van der Waals surface area (Å²) < 4.78 is 22.1. The third kappa shape index (κ3) is 6.43. The van der Waals surface area contributed by atoms with Crippen molar-refractivity contribution in [1.82, 2.24) is 25.3 Å². The molecule has 0 spiro atoms. The van der Waals surface area contributed by atoms with Gasteiger partial charge in [0, 0.05) is 25.8 Å². The van der Waals surface area contributed by atoms with E-state index in [2.05, 4.69) is 29.6 Å². The maximum absolute atomic E-state index is 14.7. The molecule has 2 aromatic rings. The number of piperidine rings is 1. The summed E-state index contributed by atoms with van der Waals surface area (Å²) in [7, 11) is 1.86. The quantitative estimate of drug-likeness (QED) is 0.674. The predicted octanol–water partition coefficient (Wildman–Crippen LogP) is 3.18. The zero-order chi connectivity index (χ0) is 22.4. The Morgan fingerprint density at radius 2 is 2.13 bits per heavy atom. The van der Waals surface area contributed by atoms with E-state index < -0.39 is 12.2 Å². The van der Waals surface area contributed by atoms with Crippen LogP contribution in [0.2, 0.25) is 0 Å². The first-order valence-electron chi connectivity index (χ1n) is 10.9. The van der Waals surface area contributed by atoms with Gasteiger partial charge in [-0.25, -0.2) is 9.18 Å². The van der Waals surface area contributed by atoms with E-state index in [-0.39, 0.29) is 19.1 Å². The number of ether oxygens (including phenoxy) is 1. The molecule has 2 amide bonds. The van der Waals surface area contributed by atoms with Gasteiger partial charge < -0.3 is 20.3 Å². The standard InChI is InChI=1S/C23H34FN5O2/c1-16(2)15-31-20-7-5-18(6-8-20)12-26-23(30)29(22-9-10-25-13-21(22)24)14-19-11-17(3)28(4)27-19/h5-8,11,16,21-22,25H,9-10,12-15H2,1-4H3,(H,26,30)/t21-,22+/m1/s1. The van der Waals surface area contributed by atoms with Crippen molar-refractivity contribution < 1.29 is 13.9 Å². The van der Waals surface area contributed by atoms with Crippen LogP contribution in [0.25, 0.3) is 0 Å². The number of aryl methyl sites for hydroxylation is 2. The van der Waals surface area contributed by atoms with Gasteiger partial charge in [0.1, 0.15) is 11.9 Å². The van der Waals surface area contributed by atoms with Gasteiger partial charge in [0.15, 0.2) is 0 Å². The lowest BCUT2D eigenvalue weighted by atomic mass is 10.0. The smallest absolute Gasteiger partial charge is 0.318 e. The summed E-state index contributed by atoms with van der Waals surface area (Å²) in [6.45, 7) is 8.42. The molecule has 31 heavy (non-hydrogen) atoms. The van der Waals surface area contributed by atoms with Gasteiger partial charge in [-0.05, 0) is 49.6 Å². The van der Waals surface area contributed by atoms with Crippen LogP contribution in [-0.4, -0.2) is 52.6 Å². The highest BCUT2D eigenvalue weighted by atomic mass is 19.1. The predicted molar refractivity (Wildman–Crippen MR) is 119 cm³/mol. The molecule has 170 valence electrons. The van der Waals surface area contributed by atoms with Crippen molar-refractivity contribution in [2.45, 2.75) is 52.5 Å². The Labute approximate surface area is 183 Å². The number of rotatable bonds is 8. The van der Waals surface area contributed by atoms with Gasteiger partial charge in [-0.2, -0.15) is 5.10 Å². The van der Waals surface area contributed by atoms with Gasteiger partial charge in [-0.1, -0.05) is 26.0 Å². The normalized spacial score (nSPS) is 18.8. The van der Waals surface area contributed by atoms with E-state index in [0.717, 1.165) is 22.7 Å². The number of nitrogens with zero attached hydrogens (tertiary/aromatic N) is 3. The molecule has 2 N–H and O–H groups in total. The number of alkyl halides is 1. The molecule has 0 saturated carbocycles. The van der Waals surface area contributed by atoms with Crippen molar-refractivity contribution in [1.29, 1.82) is 0 Å². The molecular formula is C23H34FN5O2. The molecule has 0 unspecified atom stereocenters. The monoisotopic (exact) mass is 431 g/mol. The minimum atomic E-state index is -1.11. The summed E-state index contributed by atoms with van der Waals surface area (Å²) in [5.74, 6) is 1.27. The maximum Gasteiger partial charge on any atom is 0.318 e. The third-order valence-corrected chi connectivity index (χ3v) is 5.48. The number of hydrogen-bond donors (Lipinski definition) is 2. The highest BCUT2D eigenvalue weighted by Gasteiger charge is 2.33. The number of carbonyl (C=O) groups excluding carboxylic acids is 1.